The van der Waals surface area contributed by atoms with Crippen LogP contribution in [-0.2, 0) is 5.88 Å². The summed E-state index contributed by atoms with van der Waals surface area (Å²) >= 11 is 5.89. The monoisotopic (exact) mass is 291 g/mol. The van der Waals surface area contributed by atoms with Crippen molar-refractivity contribution in [2.24, 2.45) is 0 Å². The Morgan fingerprint density at radius 2 is 1.95 bits per heavy atom. The lowest BCUT2D eigenvalue weighted by Gasteiger charge is -2.11. The second-order valence-corrected chi connectivity index (χ2v) is 4.79. The number of hydrogen-bond donors (Lipinski definition) is 0. The first kappa shape index (κ1) is 14.3. The number of ether oxygens (including phenoxy) is 1. The lowest BCUT2D eigenvalue weighted by molar-refractivity contribution is -0.386. The van der Waals surface area contributed by atoms with E-state index in [9.17, 15) is 10.1 Å². The lowest BCUT2D eigenvalue weighted by Crippen LogP contribution is -1.97. The van der Waals surface area contributed by atoms with E-state index in [1.807, 2.05) is 19.1 Å². The van der Waals surface area contributed by atoms with Crippen molar-refractivity contribution in [3.63, 3.8) is 0 Å². The molecule has 104 valence electrons. The van der Waals surface area contributed by atoms with Crippen molar-refractivity contribution in [2.45, 2.75) is 19.7 Å². The van der Waals surface area contributed by atoms with Gasteiger partial charge in [-0.2, -0.15) is 0 Å². The zero-order valence-corrected chi connectivity index (χ0v) is 12.0. The van der Waals surface area contributed by atoms with E-state index in [2.05, 4.69) is 0 Å². The summed E-state index contributed by atoms with van der Waals surface area (Å²) in [6.07, 6.45) is 0. The van der Waals surface area contributed by atoms with E-state index >= 15 is 0 Å². The Hall–Kier alpha value is -2.07. The summed E-state index contributed by atoms with van der Waals surface area (Å²) in [4.78, 5) is 10.7. The first-order valence-electron chi connectivity index (χ1n) is 6.10. The number of halogens is 1. The zero-order chi connectivity index (χ0) is 14.7. The summed E-state index contributed by atoms with van der Waals surface area (Å²) in [7, 11) is 0. The molecule has 0 saturated heterocycles. The minimum Gasteiger partial charge on any atom is -0.450 e. The number of alkyl halides is 1. The molecule has 2 aromatic rings. The molecule has 0 aliphatic rings. The Kier molecular flexibility index (Phi) is 4.25. The first-order valence-corrected chi connectivity index (χ1v) is 6.63. The summed E-state index contributed by atoms with van der Waals surface area (Å²) in [6, 6.07) is 10.6. The number of aryl methyl sites for hydroxylation is 2. The van der Waals surface area contributed by atoms with Crippen LogP contribution in [0.3, 0.4) is 0 Å². The molecule has 0 aliphatic carbocycles. The van der Waals surface area contributed by atoms with Gasteiger partial charge in [0.05, 0.1) is 10.8 Å². The second-order valence-electron chi connectivity index (χ2n) is 4.53. The minimum atomic E-state index is -0.431. The quantitative estimate of drug-likeness (QED) is 0.464. The fraction of sp³-hybridized carbons (Fsp3) is 0.200. The topological polar surface area (TPSA) is 52.4 Å². The number of nitro benzene ring substituents is 1. The highest BCUT2D eigenvalue weighted by Crippen LogP contribution is 2.35. The van der Waals surface area contributed by atoms with Crippen molar-refractivity contribution in [3.05, 3.63) is 63.2 Å². The second kappa shape index (κ2) is 5.92. The number of nitrogens with zero attached hydrogens (tertiary/aromatic N) is 1. The highest BCUT2D eigenvalue weighted by Gasteiger charge is 2.19. The van der Waals surface area contributed by atoms with E-state index in [1.165, 1.54) is 0 Å². The van der Waals surface area contributed by atoms with Gasteiger partial charge in [-0.25, -0.2) is 0 Å². The van der Waals surface area contributed by atoms with Crippen LogP contribution in [0.25, 0.3) is 0 Å². The number of hydrogen-bond acceptors (Lipinski definition) is 3. The normalized spacial score (nSPS) is 10.3. The van der Waals surface area contributed by atoms with E-state index in [0.717, 1.165) is 11.1 Å². The molecule has 2 rings (SSSR count). The number of benzene rings is 2. The molecule has 0 amide bonds. The lowest BCUT2D eigenvalue weighted by atomic mass is 10.1. The highest BCUT2D eigenvalue weighted by atomic mass is 35.5. The molecular weight excluding hydrogens is 278 g/mol. The molecule has 2 aromatic carbocycles. The molecule has 0 bridgehead atoms. The highest BCUT2D eigenvalue weighted by molar-refractivity contribution is 6.17. The van der Waals surface area contributed by atoms with Crippen molar-refractivity contribution in [1.29, 1.82) is 0 Å². The minimum absolute atomic E-state index is 0.0198. The van der Waals surface area contributed by atoms with E-state index in [-0.39, 0.29) is 17.3 Å². The van der Waals surface area contributed by atoms with Crippen molar-refractivity contribution >= 4 is 17.3 Å². The van der Waals surface area contributed by atoms with Gasteiger partial charge in [0.25, 0.3) is 0 Å². The van der Waals surface area contributed by atoms with Crippen LogP contribution in [0.2, 0.25) is 0 Å². The predicted octanol–water partition coefficient (Wildman–Crippen LogP) is 4.74. The van der Waals surface area contributed by atoms with Crippen LogP contribution in [0.4, 0.5) is 5.69 Å². The van der Waals surface area contributed by atoms with Crippen molar-refractivity contribution < 1.29 is 9.66 Å². The zero-order valence-electron chi connectivity index (χ0n) is 11.2. The summed E-state index contributed by atoms with van der Waals surface area (Å²) in [6.45, 7) is 3.64. The van der Waals surface area contributed by atoms with E-state index in [0.29, 0.717) is 11.3 Å². The van der Waals surface area contributed by atoms with Gasteiger partial charge in [0.15, 0.2) is 0 Å². The molecule has 5 heteroatoms. The average molecular weight is 292 g/mol. The third-order valence-electron chi connectivity index (χ3n) is 2.96. The predicted molar refractivity (Wildman–Crippen MR) is 78.6 cm³/mol. The van der Waals surface area contributed by atoms with Gasteiger partial charge >= 0.3 is 5.69 Å². The fourth-order valence-electron chi connectivity index (χ4n) is 1.98. The number of para-hydroxylation sites is 1. The van der Waals surface area contributed by atoms with Gasteiger partial charge in [-0.3, -0.25) is 10.1 Å². The SMILES string of the molecule is Cc1ccc(Oc2cccc(C)c2[N+](=O)[O-])c(CCl)c1. The fourth-order valence-corrected chi connectivity index (χ4v) is 2.19. The van der Waals surface area contributed by atoms with Crippen LogP contribution in [0.15, 0.2) is 36.4 Å². The van der Waals surface area contributed by atoms with Crippen LogP contribution in [-0.4, -0.2) is 4.92 Å². The number of rotatable bonds is 4. The molecule has 0 aromatic heterocycles. The van der Waals surface area contributed by atoms with E-state index in [1.54, 1.807) is 31.2 Å². The Labute approximate surface area is 122 Å². The van der Waals surface area contributed by atoms with Gasteiger partial charge in [0.2, 0.25) is 5.75 Å². The Morgan fingerprint density at radius 1 is 1.20 bits per heavy atom. The van der Waals surface area contributed by atoms with Crippen molar-refractivity contribution in [1.82, 2.24) is 0 Å². The molecular formula is C15H14ClNO3. The Balaban J connectivity index is 2.45. The summed E-state index contributed by atoms with van der Waals surface area (Å²) in [5.74, 6) is 1.06. The molecule has 4 nitrogen and oxygen atoms in total. The average Bonchev–Trinajstić information content (AvgIpc) is 2.40. The Bertz CT molecular complexity index is 656. The van der Waals surface area contributed by atoms with Crippen LogP contribution in [0.1, 0.15) is 16.7 Å². The van der Waals surface area contributed by atoms with Crippen LogP contribution < -0.4 is 4.74 Å². The van der Waals surface area contributed by atoms with E-state index in [4.69, 9.17) is 16.3 Å². The molecule has 0 atom stereocenters. The summed E-state index contributed by atoms with van der Waals surface area (Å²) in [5, 5.41) is 11.1. The van der Waals surface area contributed by atoms with Gasteiger partial charge in [-0.1, -0.05) is 29.8 Å². The molecule has 20 heavy (non-hydrogen) atoms. The van der Waals surface area contributed by atoms with Gasteiger partial charge in [-0.05, 0) is 26.0 Å². The van der Waals surface area contributed by atoms with Gasteiger partial charge in [-0.15, -0.1) is 11.6 Å². The smallest absolute Gasteiger partial charge is 0.314 e. The molecule has 0 N–H and O–H groups in total. The molecule has 0 radical (unpaired) electrons. The number of nitro groups is 1. The summed E-state index contributed by atoms with van der Waals surface area (Å²) < 4.78 is 5.70. The van der Waals surface area contributed by atoms with Gasteiger partial charge in [0.1, 0.15) is 5.75 Å². The van der Waals surface area contributed by atoms with Gasteiger partial charge in [0, 0.05) is 11.1 Å². The Morgan fingerprint density at radius 3 is 2.60 bits per heavy atom. The third kappa shape index (κ3) is 2.91. The largest absolute Gasteiger partial charge is 0.450 e. The van der Waals surface area contributed by atoms with E-state index < -0.39 is 4.92 Å². The molecule has 0 heterocycles. The maximum atomic E-state index is 11.1. The van der Waals surface area contributed by atoms with Crippen molar-refractivity contribution in [3.8, 4) is 11.5 Å². The molecule has 0 saturated carbocycles. The maximum Gasteiger partial charge on any atom is 0.314 e. The standard InChI is InChI=1S/C15H14ClNO3/c1-10-6-7-13(12(8-10)9-16)20-14-5-3-4-11(2)15(14)17(18)19/h3-8H,9H2,1-2H3. The van der Waals surface area contributed by atoms with Crippen LogP contribution in [0.5, 0.6) is 11.5 Å². The molecule has 0 unspecified atom stereocenters. The molecule has 0 aliphatic heterocycles. The molecule has 0 fully saturated rings. The van der Waals surface area contributed by atoms with Crippen molar-refractivity contribution in [2.75, 3.05) is 0 Å². The third-order valence-corrected chi connectivity index (χ3v) is 3.25. The van der Waals surface area contributed by atoms with Crippen LogP contribution >= 0.6 is 11.6 Å². The molecule has 0 spiro atoms. The van der Waals surface area contributed by atoms with Crippen LogP contribution in [0, 0.1) is 24.0 Å². The first-order chi connectivity index (χ1) is 9.52. The van der Waals surface area contributed by atoms with Gasteiger partial charge < -0.3 is 4.74 Å². The maximum absolute atomic E-state index is 11.1. The summed E-state index contributed by atoms with van der Waals surface area (Å²) in [5.41, 5.74) is 2.41.